The third-order valence-corrected chi connectivity index (χ3v) is 6.14. The number of fused-ring (bicyclic) bond motifs is 1. The van der Waals surface area contributed by atoms with Crippen LogP contribution in [0.15, 0.2) is 79.0 Å². The van der Waals surface area contributed by atoms with E-state index in [1.165, 1.54) is 18.3 Å². The van der Waals surface area contributed by atoms with Gasteiger partial charge in [-0.2, -0.15) is 22.7 Å². The molecule has 4 rings (SSSR count). The number of pyridine rings is 1. The van der Waals surface area contributed by atoms with Crippen LogP contribution in [0.5, 0.6) is 5.75 Å². The van der Waals surface area contributed by atoms with Crippen molar-refractivity contribution in [2.45, 2.75) is 31.9 Å². The van der Waals surface area contributed by atoms with Gasteiger partial charge in [0.2, 0.25) is 11.9 Å². The second-order valence-corrected chi connectivity index (χ2v) is 9.02. The highest BCUT2D eigenvalue weighted by Crippen LogP contribution is 2.39. The molecule has 208 valence electrons. The molecule has 6 nitrogen and oxygen atoms in total. The molecule has 4 aromatic rings. The monoisotopic (exact) mass is 552 g/mol. The second kappa shape index (κ2) is 13.1. The Labute approximate surface area is 228 Å². The van der Waals surface area contributed by atoms with Gasteiger partial charge in [-0.15, -0.1) is 0 Å². The number of likely N-dealkylation sites (N-methyl/N-ethyl adjacent to an activating group) is 1. The summed E-state index contributed by atoms with van der Waals surface area (Å²) in [5.74, 6) is -0.358. The van der Waals surface area contributed by atoms with Crippen molar-refractivity contribution >= 4 is 28.0 Å². The zero-order chi connectivity index (χ0) is 28.5. The quantitative estimate of drug-likeness (QED) is 0.0922. The topological polar surface area (TPSA) is 79.9 Å². The van der Waals surface area contributed by atoms with Crippen LogP contribution < -0.4 is 10.1 Å². The van der Waals surface area contributed by atoms with Crippen molar-refractivity contribution < 1.29 is 27.1 Å². The number of aromatic amines is 1. The third kappa shape index (κ3) is 7.56. The van der Waals surface area contributed by atoms with Gasteiger partial charge in [-0.05, 0) is 66.3 Å². The first-order chi connectivity index (χ1) is 19.2. The van der Waals surface area contributed by atoms with E-state index in [4.69, 9.17) is 4.74 Å². The number of aromatic nitrogens is 3. The van der Waals surface area contributed by atoms with Gasteiger partial charge < -0.3 is 10.1 Å². The maximum Gasteiger partial charge on any atom is 0.393 e. The number of hydrogen-bond donors (Lipinski definition) is 2. The van der Waals surface area contributed by atoms with Gasteiger partial charge in [0.15, 0.2) is 0 Å². The standard InChI is InChI=1S/C30H28F4N4O2/c1-35-27(39)11-7-2-3-8-16-40-22-13-15-26(36-19-22)28(21-12-14-25-23(17-21)29(31)38-37-25)24(18-30(32,33)34)20-9-5-4-6-10-20/h4-7,9-15,17,19H,2-3,8,16,18H2,1H3,(H,35,39)(H,37,38)/b11-7+,28-24-. The van der Waals surface area contributed by atoms with E-state index in [0.717, 1.165) is 19.3 Å². The summed E-state index contributed by atoms with van der Waals surface area (Å²) in [5.41, 5.74) is 1.66. The van der Waals surface area contributed by atoms with E-state index in [9.17, 15) is 22.4 Å². The molecule has 0 unspecified atom stereocenters. The maximum absolute atomic E-state index is 14.3. The molecule has 0 bridgehead atoms. The highest BCUT2D eigenvalue weighted by Gasteiger charge is 2.32. The number of rotatable bonds is 11. The lowest BCUT2D eigenvalue weighted by atomic mass is 9.89. The summed E-state index contributed by atoms with van der Waals surface area (Å²) in [4.78, 5) is 15.6. The van der Waals surface area contributed by atoms with Gasteiger partial charge in [-0.3, -0.25) is 14.9 Å². The largest absolute Gasteiger partial charge is 0.492 e. The first-order valence-electron chi connectivity index (χ1n) is 12.7. The molecule has 2 heterocycles. The first kappa shape index (κ1) is 28.5. The fourth-order valence-corrected chi connectivity index (χ4v) is 4.23. The lowest BCUT2D eigenvalue weighted by molar-refractivity contribution is -0.123. The molecular formula is C30H28F4N4O2. The number of allylic oxidation sites excluding steroid dienone is 2. The minimum absolute atomic E-state index is 0.0160. The van der Waals surface area contributed by atoms with Gasteiger partial charge in [-0.1, -0.05) is 42.5 Å². The number of nitrogens with zero attached hydrogens (tertiary/aromatic N) is 2. The Morgan fingerprint density at radius 3 is 2.55 bits per heavy atom. The molecule has 2 aromatic heterocycles. The van der Waals surface area contributed by atoms with E-state index in [2.05, 4.69) is 20.5 Å². The van der Waals surface area contributed by atoms with E-state index in [1.807, 2.05) is 0 Å². The third-order valence-electron chi connectivity index (χ3n) is 6.14. The highest BCUT2D eigenvalue weighted by molar-refractivity contribution is 5.99. The molecule has 0 fully saturated rings. The molecule has 40 heavy (non-hydrogen) atoms. The first-order valence-corrected chi connectivity index (χ1v) is 12.7. The average Bonchev–Trinajstić information content (AvgIpc) is 3.32. The van der Waals surface area contributed by atoms with Gasteiger partial charge >= 0.3 is 6.18 Å². The normalized spacial score (nSPS) is 12.5. The van der Waals surface area contributed by atoms with Crippen molar-refractivity contribution in [3.63, 3.8) is 0 Å². The molecular weight excluding hydrogens is 524 g/mol. The highest BCUT2D eigenvalue weighted by atomic mass is 19.4. The summed E-state index contributed by atoms with van der Waals surface area (Å²) < 4.78 is 61.6. The lowest BCUT2D eigenvalue weighted by Crippen LogP contribution is -2.13. The van der Waals surface area contributed by atoms with Gasteiger partial charge in [0.1, 0.15) is 5.75 Å². The number of carbonyl (C=O) groups excluding carboxylic acids is 1. The lowest BCUT2D eigenvalue weighted by Gasteiger charge is -2.18. The van der Waals surface area contributed by atoms with E-state index in [-0.39, 0.29) is 28.1 Å². The van der Waals surface area contributed by atoms with Crippen LogP contribution in [0.1, 0.15) is 42.5 Å². The number of hydrogen-bond acceptors (Lipinski definition) is 4. The Morgan fingerprint density at radius 1 is 1.05 bits per heavy atom. The molecule has 0 spiro atoms. The molecule has 0 aliphatic heterocycles. The van der Waals surface area contributed by atoms with Crippen LogP contribution in [-0.4, -0.2) is 40.9 Å². The molecule has 0 saturated heterocycles. The average molecular weight is 553 g/mol. The minimum Gasteiger partial charge on any atom is -0.492 e. The van der Waals surface area contributed by atoms with Crippen molar-refractivity contribution in [2.75, 3.05) is 13.7 Å². The Balaban J connectivity index is 1.64. The molecule has 0 saturated carbocycles. The van der Waals surface area contributed by atoms with Crippen LogP contribution in [0, 0.1) is 5.95 Å². The number of H-pyrrole nitrogens is 1. The smallest absolute Gasteiger partial charge is 0.393 e. The van der Waals surface area contributed by atoms with Crippen LogP contribution in [0.25, 0.3) is 22.0 Å². The van der Waals surface area contributed by atoms with Crippen molar-refractivity contribution in [1.82, 2.24) is 20.5 Å². The fourth-order valence-electron chi connectivity index (χ4n) is 4.23. The van der Waals surface area contributed by atoms with Crippen molar-refractivity contribution in [3.8, 4) is 5.75 Å². The number of ether oxygens (including phenoxy) is 1. The number of unbranched alkanes of at least 4 members (excludes halogenated alkanes) is 2. The predicted octanol–water partition coefficient (Wildman–Crippen LogP) is 6.86. The van der Waals surface area contributed by atoms with Crippen LogP contribution >= 0.6 is 0 Å². The Morgan fingerprint density at radius 2 is 1.85 bits per heavy atom. The molecule has 0 aliphatic carbocycles. The zero-order valence-electron chi connectivity index (χ0n) is 21.8. The van der Waals surface area contributed by atoms with Gasteiger partial charge in [0.05, 0.1) is 35.8 Å². The summed E-state index contributed by atoms with van der Waals surface area (Å²) in [7, 11) is 1.56. The van der Waals surface area contributed by atoms with Crippen LogP contribution in [0.3, 0.4) is 0 Å². The summed E-state index contributed by atoms with van der Waals surface area (Å²) in [5, 5.41) is 8.82. The molecule has 2 N–H and O–H groups in total. The molecule has 2 aromatic carbocycles. The molecule has 0 atom stereocenters. The van der Waals surface area contributed by atoms with E-state index >= 15 is 0 Å². The van der Waals surface area contributed by atoms with Gasteiger partial charge in [0.25, 0.3) is 0 Å². The molecule has 1 amide bonds. The summed E-state index contributed by atoms with van der Waals surface area (Å²) >= 11 is 0. The van der Waals surface area contributed by atoms with E-state index < -0.39 is 18.5 Å². The Kier molecular flexibility index (Phi) is 9.31. The summed E-state index contributed by atoms with van der Waals surface area (Å²) in [6, 6.07) is 16.2. The maximum atomic E-state index is 14.3. The minimum atomic E-state index is -4.50. The van der Waals surface area contributed by atoms with Crippen molar-refractivity contribution in [3.05, 3.63) is 102 Å². The Bertz CT molecular complexity index is 1490. The SMILES string of the molecule is CNC(=O)/C=C/CCCCOc1ccc(/C(=C(/CC(F)(F)F)c2ccccc2)c2ccc3n[nH]c(F)c3c2)nc1. The van der Waals surface area contributed by atoms with E-state index in [1.54, 1.807) is 67.7 Å². The number of nitrogens with one attached hydrogen (secondary N) is 2. The molecule has 10 heteroatoms. The van der Waals surface area contributed by atoms with Crippen LogP contribution in [0.4, 0.5) is 17.6 Å². The predicted molar refractivity (Wildman–Crippen MR) is 146 cm³/mol. The number of alkyl halides is 3. The van der Waals surface area contributed by atoms with Gasteiger partial charge in [0, 0.05) is 12.6 Å². The Hall–Kier alpha value is -4.47. The zero-order valence-corrected chi connectivity index (χ0v) is 21.8. The number of benzene rings is 2. The van der Waals surface area contributed by atoms with Gasteiger partial charge in [-0.25, -0.2) is 0 Å². The second-order valence-electron chi connectivity index (χ2n) is 9.02. The summed E-state index contributed by atoms with van der Waals surface area (Å²) in [6.45, 7) is 0.414. The van der Waals surface area contributed by atoms with Crippen molar-refractivity contribution in [1.29, 1.82) is 0 Å². The van der Waals surface area contributed by atoms with Crippen LogP contribution in [0.2, 0.25) is 0 Å². The van der Waals surface area contributed by atoms with Crippen LogP contribution in [-0.2, 0) is 4.79 Å². The van der Waals surface area contributed by atoms with Crippen molar-refractivity contribution in [2.24, 2.45) is 0 Å². The number of carbonyl (C=O) groups is 1. The molecule has 0 aliphatic rings. The number of halogens is 4. The van der Waals surface area contributed by atoms with E-state index in [0.29, 0.717) is 29.0 Å². The molecule has 0 radical (unpaired) electrons. The summed E-state index contributed by atoms with van der Waals surface area (Å²) in [6.07, 6.45) is 1.32. The fraction of sp³-hybridized carbons (Fsp3) is 0.233. The number of amides is 1.